The number of thioether (sulfide) groups is 1. The van der Waals surface area contributed by atoms with Crippen LogP contribution < -0.4 is 10.3 Å². The highest BCUT2D eigenvalue weighted by Gasteiger charge is 2.23. The van der Waals surface area contributed by atoms with E-state index in [-0.39, 0.29) is 10.8 Å². The fourth-order valence-corrected chi connectivity index (χ4v) is 4.52. The summed E-state index contributed by atoms with van der Waals surface area (Å²) in [4.78, 5) is 17.9. The van der Waals surface area contributed by atoms with Crippen molar-refractivity contribution in [2.75, 3.05) is 7.11 Å². The molecule has 5 rings (SSSR count). The van der Waals surface area contributed by atoms with Crippen molar-refractivity contribution in [2.45, 2.75) is 31.2 Å². The average molecular weight is 449 g/mol. The molecule has 0 fully saturated rings. The normalized spacial score (nSPS) is 12.5. The summed E-state index contributed by atoms with van der Waals surface area (Å²) in [5.74, 6) is 2.04. The van der Waals surface area contributed by atoms with Crippen molar-refractivity contribution in [1.29, 1.82) is 0 Å². The van der Waals surface area contributed by atoms with E-state index in [1.54, 1.807) is 24.7 Å². The van der Waals surface area contributed by atoms with Crippen LogP contribution in [0.3, 0.4) is 0 Å². The lowest BCUT2D eigenvalue weighted by Gasteiger charge is -2.15. The Bertz CT molecular complexity index is 1520. The van der Waals surface area contributed by atoms with Gasteiger partial charge in [0.15, 0.2) is 11.0 Å². The van der Waals surface area contributed by atoms with Gasteiger partial charge in [-0.15, -0.1) is 10.2 Å². The predicted molar refractivity (Wildman–Crippen MR) is 121 cm³/mol. The maximum atomic E-state index is 13.6. The number of methoxy groups -OCH3 is 1. The molecule has 0 saturated carbocycles. The number of para-hydroxylation sites is 1. The number of fused-ring (bicyclic) bond motifs is 3. The van der Waals surface area contributed by atoms with Crippen LogP contribution in [0.4, 0.5) is 0 Å². The van der Waals surface area contributed by atoms with E-state index in [0.29, 0.717) is 39.5 Å². The number of ether oxygens (including phenoxy) is 1. The number of rotatable bonds is 5. The second-order valence-corrected chi connectivity index (χ2v) is 8.70. The largest absolute Gasteiger partial charge is 0.495 e. The summed E-state index contributed by atoms with van der Waals surface area (Å²) in [5.41, 5.74) is 2.13. The van der Waals surface area contributed by atoms with Gasteiger partial charge in [0, 0.05) is 0 Å². The first-order valence-corrected chi connectivity index (χ1v) is 10.9. The molecule has 32 heavy (non-hydrogen) atoms. The SMILES string of the molecule is COc1ccc(C)cc1-n1c(=O)c2ccccc2n2c(S[C@@H](C)c3nc(C)no3)nnc12. The second kappa shape index (κ2) is 7.79. The van der Waals surface area contributed by atoms with Crippen LogP contribution in [0.1, 0.15) is 29.5 Å². The van der Waals surface area contributed by atoms with E-state index < -0.39 is 0 Å². The molecule has 3 heterocycles. The zero-order valence-corrected chi connectivity index (χ0v) is 18.8. The number of aromatic nitrogens is 6. The van der Waals surface area contributed by atoms with Gasteiger partial charge in [-0.1, -0.05) is 35.1 Å². The molecule has 0 radical (unpaired) electrons. The van der Waals surface area contributed by atoms with Crippen LogP contribution in [0.2, 0.25) is 0 Å². The van der Waals surface area contributed by atoms with Gasteiger partial charge in [0.1, 0.15) is 5.75 Å². The highest BCUT2D eigenvalue weighted by atomic mass is 32.2. The van der Waals surface area contributed by atoms with Crippen LogP contribution in [-0.4, -0.2) is 36.4 Å². The Morgan fingerprint density at radius 2 is 1.94 bits per heavy atom. The predicted octanol–water partition coefficient (Wildman–Crippen LogP) is 3.90. The van der Waals surface area contributed by atoms with Gasteiger partial charge in [-0.3, -0.25) is 9.20 Å². The quantitative estimate of drug-likeness (QED) is 0.373. The molecule has 9 nitrogen and oxygen atoms in total. The van der Waals surface area contributed by atoms with E-state index in [1.807, 2.05) is 54.6 Å². The molecule has 0 unspecified atom stereocenters. The Labute approximate surface area is 187 Å². The molecule has 162 valence electrons. The molecule has 0 saturated heterocycles. The molecule has 0 N–H and O–H groups in total. The van der Waals surface area contributed by atoms with Crippen LogP contribution in [-0.2, 0) is 0 Å². The van der Waals surface area contributed by atoms with Gasteiger partial charge < -0.3 is 9.26 Å². The molecule has 5 aromatic rings. The van der Waals surface area contributed by atoms with Crippen molar-refractivity contribution in [3.05, 3.63) is 70.1 Å². The van der Waals surface area contributed by atoms with E-state index >= 15 is 0 Å². The number of nitrogens with zero attached hydrogens (tertiary/aromatic N) is 6. The third-order valence-electron chi connectivity index (χ3n) is 5.14. The van der Waals surface area contributed by atoms with E-state index in [2.05, 4.69) is 20.3 Å². The molecule has 10 heteroatoms. The molecular weight excluding hydrogens is 428 g/mol. The first-order valence-electron chi connectivity index (χ1n) is 9.98. The van der Waals surface area contributed by atoms with Gasteiger partial charge in [0.05, 0.1) is 29.0 Å². The zero-order chi connectivity index (χ0) is 22.4. The highest BCUT2D eigenvalue weighted by molar-refractivity contribution is 7.99. The van der Waals surface area contributed by atoms with Crippen molar-refractivity contribution in [3.8, 4) is 11.4 Å². The van der Waals surface area contributed by atoms with Gasteiger partial charge in [-0.25, -0.2) is 4.57 Å². The van der Waals surface area contributed by atoms with Crippen LogP contribution in [0.5, 0.6) is 5.75 Å². The maximum absolute atomic E-state index is 13.6. The van der Waals surface area contributed by atoms with Gasteiger partial charge in [-0.05, 0) is 50.6 Å². The summed E-state index contributed by atoms with van der Waals surface area (Å²) in [6.45, 7) is 5.70. The third-order valence-corrected chi connectivity index (χ3v) is 6.17. The summed E-state index contributed by atoms with van der Waals surface area (Å²) in [7, 11) is 1.58. The second-order valence-electron chi connectivity index (χ2n) is 7.39. The number of aryl methyl sites for hydroxylation is 2. The van der Waals surface area contributed by atoms with Gasteiger partial charge in [0.25, 0.3) is 5.56 Å². The van der Waals surface area contributed by atoms with E-state index in [4.69, 9.17) is 9.26 Å². The molecule has 1 atom stereocenters. The summed E-state index contributed by atoms with van der Waals surface area (Å²) < 4.78 is 14.3. The number of hydrogen-bond donors (Lipinski definition) is 0. The van der Waals surface area contributed by atoms with Crippen molar-refractivity contribution in [2.24, 2.45) is 0 Å². The zero-order valence-electron chi connectivity index (χ0n) is 17.9. The summed E-state index contributed by atoms with van der Waals surface area (Å²) >= 11 is 1.43. The topological polar surface area (TPSA) is 100 Å². The van der Waals surface area contributed by atoms with Crippen LogP contribution in [0, 0.1) is 13.8 Å². The van der Waals surface area contributed by atoms with E-state index in [1.165, 1.54) is 11.8 Å². The minimum atomic E-state index is -0.193. The maximum Gasteiger partial charge on any atom is 0.267 e. The lowest BCUT2D eigenvalue weighted by atomic mass is 10.2. The Hall–Kier alpha value is -3.66. The molecule has 3 aromatic heterocycles. The van der Waals surface area contributed by atoms with Crippen molar-refractivity contribution >= 4 is 28.4 Å². The smallest absolute Gasteiger partial charge is 0.267 e. The average Bonchev–Trinajstić information content (AvgIpc) is 3.41. The summed E-state index contributed by atoms with van der Waals surface area (Å²) in [6.07, 6.45) is 0. The third kappa shape index (κ3) is 3.23. The number of benzene rings is 2. The Kier molecular flexibility index (Phi) is 4.93. The first kappa shape index (κ1) is 20.3. The molecule has 2 aromatic carbocycles. The van der Waals surface area contributed by atoms with Gasteiger partial charge in [0.2, 0.25) is 11.7 Å². The van der Waals surface area contributed by atoms with Crippen LogP contribution in [0.15, 0.2) is 56.9 Å². The molecule has 0 aliphatic rings. The fourth-order valence-electron chi connectivity index (χ4n) is 3.63. The van der Waals surface area contributed by atoms with Crippen molar-refractivity contribution in [3.63, 3.8) is 0 Å². The summed E-state index contributed by atoms with van der Waals surface area (Å²) in [6, 6.07) is 13.1. The molecule has 0 bridgehead atoms. The highest BCUT2D eigenvalue weighted by Crippen LogP contribution is 2.34. The molecular formula is C22H20N6O3S. The van der Waals surface area contributed by atoms with Gasteiger partial charge in [-0.2, -0.15) is 4.98 Å². The lowest BCUT2D eigenvalue weighted by molar-refractivity contribution is 0.376. The van der Waals surface area contributed by atoms with E-state index in [0.717, 1.165) is 11.1 Å². The monoisotopic (exact) mass is 448 g/mol. The Morgan fingerprint density at radius 1 is 1.12 bits per heavy atom. The standard InChI is InChI=1S/C22H20N6O3S/c1-12-9-10-18(30-4)17(11-12)27-20(29)15-7-5-6-8-16(15)28-21(27)24-25-22(28)32-13(2)19-23-14(3)26-31-19/h5-11,13H,1-4H3/t13-/m0/s1. The van der Waals surface area contributed by atoms with Crippen molar-refractivity contribution in [1.82, 2.24) is 29.3 Å². The Balaban J connectivity index is 1.79. The number of hydrogen-bond acceptors (Lipinski definition) is 8. The van der Waals surface area contributed by atoms with E-state index in [9.17, 15) is 4.79 Å². The van der Waals surface area contributed by atoms with Crippen LogP contribution in [0.25, 0.3) is 22.4 Å². The minimum absolute atomic E-state index is 0.156. The molecule has 0 spiro atoms. The molecule has 0 aliphatic carbocycles. The minimum Gasteiger partial charge on any atom is -0.495 e. The first-order chi connectivity index (χ1) is 15.5. The summed E-state index contributed by atoms with van der Waals surface area (Å²) in [5, 5.41) is 13.7. The lowest BCUT2D eigenvalue weighted by Crippen LogP contribution is -2.22. The van der Waals surface area contributed by atoms with Crippen LogP contribution >= 0.6 is 11.8 Å². The van der Waals surface area contributed by atoms with Gasteiger partial charge >= 0.3 is 0 Å². The molecule has 0 amide bonds. The fraction of sp³-hybridized carbons (Fsp3) is 0.227. The Morgan fingerprint density at radius 3 is 2.69 bits per heavy atom. The van der Waals surface area contributed by atoms with Crippen molar-refractivity contribution < 1.29 is 9.26 Å². The molecule has 0 aliphatic heterocycles.